The standard InChI is InChI=1S/C18H27BrN2O2/c1-3-20-13-15-8-10-21(11-9-15)18(22)7-5-14-4-6-17(23-2)16(19)12-14/h4,6,12,15,20H,3,5,7-11,13H2,1-2H3. The van der Waals surface area contributed by atoms with Gasteiger partial charge < -0.3 is 15.0 Å². The Labute approximate surface area is 147 Å². The van der Waals surface area contributed by atoms with Crippen LogP contribution in [0.4, 0.5) is 0 Å². The molecule has 1 amide bonds. The van der Waals surface area contributed by atoms with E-state index in [-0.39, 0.29) is 5.91 Å². The summed E-state index contributed by atoms with van der Waals surface area (Å²) in [5.74, 6) is 1.82. The van der Waals surface area contributed by atoms with Crippen LogP contribution in [0.1, 0.15) is 31.7 Å². The maximum Gasteiger partial charge on any atom is 0.222 e. The molecule has 0 bridgehead atoms. The van der Waals surface area contributed by atoms with Gasteiger partial charge in [0.05, 0.1) is 11.6 Å². The number of piperidine rings is 1. The second kappa shape index (κ2) is 9.28. The maximum absolute atomic E-state index is 12.4. The predicted octanol–water partition coefficient (Wildman–Crippen LogP) is 3.24. The Morgan fingerprint density at radius 3 is 2.74 bits per heavy atom. The molecule has 1 N–H and O–H groups in total. The van der Waals surface area contributed by atoms with Crippen LogP contribution in [-0.2, 0) is 11.2 Å². The van der Waals surface area contributed by atoms with Gasteiger partial charge in [0.25, 0.3) is 0 Å². The Morgan fingerprint density at radius 2 is 2.13 bits per heavy atom. The highest BCUT2D eigenvalue weighted by Gasteiger charge is 2.22. The maximum atomic E-state index is 12.4. The minimum absolute atomic E-state index is 0.277. The summed E-state index contributed by atoms with van der Waals surface area (Å²) in [6.07, 6.45) is 3.59. The van der Waals surface area contributed by atoms with Crippen LogP contribution in [0.25, 0.3) is 0 Å². The molecule has 0 unspecified atom stereocenters. The number of ether oxygens (including phenoxy) is 1. The van der Waals surface area contributed by atoms with Crippen LogP contribution in [0.3, 0.4) is 0 Å². The molecule has 0 aromatic heterocycles. The van der Waals surface area contributed by atoms with E-state index in [1.807, 2.05) is 23.1 Å². The number of halogens is 1. The minimum Gasteiger partial charge on any atom is -0.496 e. The lowest BCUT2D eigenvalue weighted by Crippen LogP contribution is -2.40. The van der Waals surface area contributed by atoms with E-state index in [1.165, 1.54) is 0 Å². The number of hydrogen-bond donors (Lipinski definition) is 1. The average molecular weight is 383 g/mol. The fraction of sp³-hybridized carbons (Fsp3) is 0.611. The zero-order chi connectivity index (χ0) is 16.7. The number of aryl methyl sites for hydroxylation is 1. The van der Waals surface area contributed by atoms with Gasteiger partial charge in [-0.1, -0.05) is 13.0 Å². The molecule has 1 aliphatic rings. The summed E-state index contributed by atoms with van der Waals surface area (Å²) in [6.45, 7) is 6.05. The molecule has 0 atom stereocenters. The van der Waals surface area contributed by atoms with Crippen LogP contribution >= 0.6 is 15.9 Å². The Bertz CT molecular complexity index is 514. The van der Waals surface area contributed by atoms with E-state index in [4.69, 9.17) is 4.74 Å². The fourth-order valence-corrected chi connectivity index (χ4v) is 3.60. The predicted molar refractivity (Wildman–Crippen MR) is 96.9 cm³/mol. The highest BCUT2D eigenvalue weighted by Crippen LogP contribution is 2.26. The van der Waals surface area contributed by atoms with Crippen molar-refractivity contribution < 1.29 is 9.53 Å². The molecule has 1 saturated heterocycles. The van der Waals surface area contributed by atoms with Gasteiger partial charge in [-0.05, 0) is 71.9 Å². The molecule has 0 aliphatic carbocycles. The van der Waals surface area contributed by atoms with Gasteiger partial charge >= 0.3 is 0 Å². The molecule has 1 heterocycles. The number of nitrogens with zero attached hydrogens (tertiary/aromatic N) is 1. The van der Waals surface area contributed by atoms with Gasteiger partial charge in [0.2, 0.25) is 5.91 Å². The molecule has 5 heteroatoms. The van der Waals surface area contributed by atoms with Crippen LogP contribution in [0, 0.1) is 5.92 Å². The van der Waals surface area contributed by atoms with Crippen molar-refractivity contribution >= 4 is 21.8 Å². The van der Waals surface area contributed by atoms with E-state index in [1.54, 1.807) is 7.11 Å². The normalized spacial score (nSPS) is 15.7. The van der Waals surface area contributed by atoms with Crippen LogP contribution in [-0.4, -0.2) is 44.1 Å². The molecule has 1 aromatic carbocycles. The Balaban J connectivity index is 1.76. The molecule has 1 aromatic rings. The second-order valence-corrected chi connectivity index (χ2v) is 6.96. The Hall–Kier alpha value is -1.07. The van der Waals surface area contributed by atoms with Crippen molar-refractivity contribution in [3.05, 3.63) is 28.2 Å². The summed E-state index contributed by atoms with van der Waals surface area (Å²) >= 11 is 3.49. The average Bonchev–Trinajstić information content (AvgIpc) is 2.58. The third kappa shape index (κ3) is 5.50. The molecule has 1 fully saturated rings. The SMILES string of the molecule is CCNCC1CCN(C(=O)CCc2ccc(OC)c(Br)c2)CC1. The van der Waals surface area contributed by atoms with Crippen molar-refractivity contribution in [2.45, 2.75) is 32.6 Å². The first-order chi connectivity index (χ1) is 11.1. The van der Waals surface area contributed by atoms with Crippen LogP contribution in [0.5, 0.6) is 5.75 Å². The highest BCUT2D eigenvalue weighted by molar-refractivity contribution is 9.10. The Morgan fingerprint density at radius 1 is 1.39 bits per heavy atom. The third-order valence-electron chi connectivity index (χ3n) is 4.49. The zero-order valence-corrected chi connectivity index (χ0v) is 15.7. The summed E-state index contributed by atoms with van der Waals surface area (Å²) in [7, 11) is 1.66. The summed E-state index contributed by atoms with van der Waals surface area (Å²) < 4.78 is 6.17. The lowest BCUT2D eigenvalue weighted by Gasteiger charge is -2.32. The van der Waals surface area contributed by atoms with E-state index in [2.05, 4.69) is 28.2 Å². The number of amides is 1. The van der Waals surface area contributed by atoms with Gasteiger partial charge in [0.15, 0.2) is 0 Å². The van der Waals surface area contributed by atoms with E-state index in [9.17, 15) is 4.79 Å². The summed E-state index contributed by atoms with van der Waals surface area (Å²) in [6, 6.07) is 6.00. The molecular formula is C18H27BrN2O2. The second-order valence-electron chi connectivity index (χ2n) is 6.10. The number of benzene rings is 1. The van der Waals surface area contributed by atoms with Crippen molar-refractivity contribution in [3.8, 4) is 5.75 Å². The smallest absolute Gasteiger partial charge is 0.222 e. The lowest BCUT2D eigenvalue weighted by atomic mass is 9.96. The quantitative estimate of drug-likeness (QED) is 0.786. The first-order valence-corrected chi connectivity index (χ1v) is 9.24. The number of rotatable bonds is 7. The fourth-order valence-electron chi connectivity index (χ4n) is 3.01. The molecule has 2 rings (SSSR count). The number of methoxy groups -OCH3 is 1. The van der Waals surface area contributed by atoms with Crippen molar-refractivity contribution in [2.75, 3.05) is 33.3 Å². The molecule has 128 valence electrons. The largest absolute Gasteiger partial charge is 0.496 e. The molecule has 1 aliphatic heterocycles. The van der Waals surface area contributed by atoms with E-state index < -0.39 is 0 Å². The van der Waals surface area contributed by atoms with Gasteiger partial charge in [-0.2, -0.15) is 0 Å². The third-order valence-corrected chi connectivity index (χ3v) is 5.11. The monoisotopic (exact) mass is 382 g/mol. The molecule has 0 radical (unpaired) electrons. The molecule has 0 spiro atoms. The summed E-state index contributed by atoms with van der Waals surface area (Å²) in [5, 5.41) is 3.41. The van der Waals surface area contributed by atoms with E-state index in [0.717, 1.165) is 67.1 Å². The molecule has 4 nitrogen and oxygen atoms in total. The van der Waals surface area contributed by atoms with E-state index >= 15 is 0 Å². The van der Waals surface area contributed by atoms with Gasteiger partial charge in [0, 0.05) is 19.5 Å². The number of hydrogen-bond acceptors (Lipinski definition) is 3. The van der Waals surface area contributed by atoms with Crippen LogP contribution in [0.2, 0.25) is 0 Å². The topological polar surface area (TPSA) is 41.6 Å². The zero-order valence-electron chi connectivity index (χ0n) is 14.1. The molecular weight excluding hydrogens is 356 g/mol. The first kappa shape index (κ1) is 18.3. The highest BCUT2D eigenvalue weighted by atomic mass is 79.9. The van der Waals surface area contributed by atoms with Gasteiger partial charge in [-0.25, -0.2) is 0 Å². The van der Waals surface area contributed by atoms with E-state index in [0.29, 0.717) is 6.42 Å². The van der Waals surface area contributed by atoms with Gasteiger partial charge in [0.1, 0.15) is 5.75 Å². The summed E-state index contributed by atoms with van der Waals surface area (Å²) in [4.78, 5) is 14.4. The first-order valence-electron chi connectivity index (χ1n) is 8.45. The molecule has 23 heavy (non-hydrogen) atoms. The van der Waals surface area contributed by atoms with Crippen molar-refractivity contribution in [1.82, 2.24) is 10.2 Å². The lowest BCUT2D eigenvalue weighted by molar-refractivity contribution is -0.132. The van der Waals surface area contributed by atoms with Crippen molar-refractivity contribution in [1.29, 1.82) is 0 Å². The van der Waals surface area contributed by atoms with Gasteiger partial charge in [-0.3, -0.25) is 4.79 Å². The minimum atomic E-state index is 0.277. The van der Waals surface area contributed by atoms with Crippen LogP contribution < -0.4 is 10.1 Å². The van der Waals surface area contributed by atoms with Crippen molar-refractivity contribution in [2.24, 2.45) is 5.92 Å². The number of likely N-dealkylation sites (tertiary alicyclic amines) is 1. The number of carbonyl (C=O) groups excluding carboxylic acids is 1. The number of carbonyl (C=O) groups is 1. The summed E-state index contributed by atoms with van der Waals surface area (Å²) in [5.41, 5.74) is 1.16. The van der Waals surface area contributed by atoms with Crippen molar-refractivity contribution in [3.63, 3.8) is 0 Å². The van der Waals surface area contributed by atoms with Crippen LogP contribution in [0.15, 0.2) is 22.7 Å². The molecule has 0 saturated carbocycles. The Kier molecular flexibility index (Phi) is 7.37. The number of nitrogens with one attached hydrogen (secondary N) is 1. The van der Waals surface area contributed by atoms with Gasteiger partial charge in [-0.15, -0.1) is 0 Å².